The molecule has 0 fully saturated rings. The lowest BCUT2D eigenvalue weighted by Gasteiger charge is -2.35. The largest absolute Gasteiger partial charge is 0.501 e. The van der Waals surface area contributed by atoms with E-state index in [1.165, 1.54) is 0 Å². The molecule has 1 atom stereocenters. The van der Waals surface area contributed by atoms with Crippen LogP contribution in [0.2, 0.25) is 0 Å². The number of anilines is 1. The molecule has 0 aliphatic heterocycles. The van der Waals surface area contributed by atoms with E-state index in [9.17, 15) is 4.79 Å². The number of benzene rings is 2. The predicted octanol–water partition coefficient (Wildman–Crippen LogP) is 5.63. The molecule has 0 saturated heterocycles. The third-order valence-corrected chi connectivity index (χ3v) is 5.33. The number of carbonyl (C=O) groups is 1. The molecule has 2 aromatic carbocycles. The molecule has 2 aromatic rings. The Morgan fingerprint density at radius 1 is 0.964 bits per heavy atom. The van der Waals surface area contributed by atoms with Crippen LogP contribution < -0.4 is 4.90 Å². The van der Waals surface area contributed by atoms with Gasteiger partial charge in [0.1, 0.15) is 0 Å². The number of likely N-dealkylation sites (N-methyl/N-ethyl adjacent to an activating group) is 1. The number of ketones is 1. The fourth-order valence-corrected chi connectivity index (χ4v) is 3.90. The summed E-state index contributed by atoms with van der Waals surface area (Å²) in [6, 6.07) is 20.4. The number of ether oxygens (including phenoxy) is 1. The molecule has 144 valence electrons. The summed E-state index contributed by atoms with van der Waals surface area (Å²) in [5.41, 5.74) is 6.05. The number of Topliss-reactive ketones (excluding diaryl/α,β-unsaturated/α-hetero) is 1. The van der Waals surface area contributed by atoms with Crippen LogP contribution in [-0.2, 0) is 9.53 Å². The summed E-state index contributed by atoms with van der Waals surface area (Å²) in [6.07, 6.45) is 2.10. The van der Waals surface area contributed by atoms with Crippen molar-refractivity contribution in [2.75, 3.05) is 19.1 Å². The Morgan fingerprint density at radius 2 is 1.54 bits per heavy atom. The average molecular weight is 373 g/mol. The Bertz CT molecular complexity index is 953. The summed E-state index contributed by atoms with van der Waals surface area (Å²) in [6.45, 7) is 5.63. The number of para-hydroxylation sites is 1. The second-order valence-corrected chi connectivity index (χ2v) is 7.09. The minimum absolute atomic E-state index is 0.0884. The molecular formula is C25H27NO2. The van der Waals surface area contributed by atoms with Gasteiger partial charge in [0.15, 0.2) is 5.78 Å². The van der Waals surface area contributed by atoms with E-state index in [0.717, 1.165) is 39.4 Å². The van der Waals surface area contributed by atoms with Gasteiger partial charge in [-0.25, -0.2) is 0 Å². The van der Waals surface area contributed by atoms with Crippen molar-refractivity contribution in [3.8, 4) is 0 Å². The van der Waals surface area contributed by atoms with Crippen molar-refractivity contribution >= 4 is 11.5 Å². The molecule has 0 bridgehead atoms. The fraction of sp³-hybridized carbons (Fsp3) is 0.240. The van der Waals surface area contributed by atoms with Gasteiger partial charge in [0, 0.05) is 35.5 Å². The molecule has 0 radical (unpaired) electrons. The van der Waals surface area contributed by atoms with Crippen molar-refractivity contribution in [1.82, 2.24) is 0 Å². The third-order valence-electron chi connectivity index (χ3n) is 5.33. The zero-order valence-electron chi connectivity index (χ0n) is 17.2. The van der Waals surface area contributed by atoms with E-state index in [1.54, 1.807) is 14.0 Å². The number of carbonyl (C=O) groups excluding carboxylic acids is 1. The van der Waals surface area contributed by atoms with Crippen molar-refractivity contribution in [3.63, 3.8) is 0 Å². The van der Waals surface area contributed by atoms with Gasteiger partial charge in [0.25, 0.3) is 0 Å². The highest BCUT2D eigenvalue weighted by Crippen LogP contribution is 2.45. The zero-order valence-corrected chi connectivity index (χ0v) is 17.2. The number of allylic oxidation sites excluding steroid dienone is 5. The van der Waals surface area contributed by atoms with E-state index in [2.05, 4.69) is 42.3 Å². The molecule has 3 rings (SSSR count). The lowest BCUT2D eigenvalue weighted by Crippen LogP contribution is -2.27. The van der Waals surface area contributed by atoms with Crippen molar-refractivity contribution < 1.29 is 9.53 Å². The second kappa shape index (κ2) is 8.30. The molecule has 0 spiro atoms. The molecule has 0 aromatic heterocycles. The summed E-state index contributed by atoms with van der Waals surface area (Å²) in [7, 11) is 3.74. The van der Waals surface area contributed by atoms with Crippen LogP contribution in [0.5, 0.6) is 0 Å². The van der Waals surface area contributed by atoms with Crippen LogP contribution in [0.4, 0.5) is 5.69 Å². The van der Waals surface area contributed by atoms with E-state index in [4.69, 9.17) is 4.74 Å². The normalized spacial score (nSPS) is 18.5. The second-order valence-electron chi connectivity index (χ2n) is 7.09. The van der Waals surface area contributed by atoms with E-state index in [0.29, 0.717) is 0 Å². The van der Waals surface area contributed by atoms with Crippen molar-refractivity contribution in [2.45, 2.75) is 26.7 Å². The number of hydrogen-bond acceptors (Lipinski definition) is 3. The molecule has 1 unspecified atom stereocenters. The Labute approximate surface area is 167 Å². The summed E-state index contributed by atoms with van der Waals surface area (Å²) in [4.78, 5) is 14.8. The first-order valence-corrected chi connectivity index (χ1v) is 9.48. The van der Waals surface area contributed by atoms with Crippen LogP contribution in [0, 0.1) is 0 Å². The third kappa shape index (κ3) is 3.65. The first-order chi connectivity index (χ1) is 13.5. The number of hydrogen-bond donors (Lipinski definition) is 0. The van der Waals surface area contributed by atoms with E-state index >= 15 is 0 Å². The monoisotopic (exact) mass is 373 g/mol. The van der Waals surface area contributed by atoms with Gasteiger partial charge < -0.3 is 9.64 Å². The van der Waals surface area contributed by atoms with E-state index in [-0.39, 0.29) is 11.7 Å². The van der Waals surface area contributed by atoms with Crippen LogP contribution in [-0.4, -0.2) is 19.9 Å². The summed E-state index contributed by atoms with van der Waals surface area (Å²) >= 11 is 0. The van der Waals surface area contributed by atoms with Gasteiger partial charge in [0.2, 0.25) is 0 Å². The number of nitrogens with zero attached hydrogens (tertiary/aromatic N) is 1. The molecule has 0 saturated carbocycles. The molecule has 0 N–H and O–H groups in total. The van der Waals surface area contributed by atoms with Gasteiger partial charge in [-0.15, -0.1) is 0 Å². The van der Waals surface area contributed by atoms with Gasteiger partial charge in [-0.05, 0) is 50.1 Å². The van der Waals surface area contributed by atoms with Crippen LogP contribution in [0.3, 0.4) is 0 Å². The van der Waals surface area contributed by atoms with Crippen molar-refractivity contribution in [2.24, 2.45) is 0 Å². The van der Waals surface area contributed by atoms with Gasteiger partial charge in [0.05, 0.1) is 12.9 Å². The Kier molecular flexibility index (Phi) is 5.84. The van der Waals surface area contributed by atoms with Gasteiger partial charge in [-0.2, -0.15) is 0 Å². The Morgan fingerprint density at radius 3 is 2.07 bits per heavy atom. The molecule has 3 nitrogen and oxygen atoms in total. The summed E-state index contributed by atoms with van der Waals surface area (Å²) < 4.78 is 5.70. The standard InChI is InChI=1S/C25H27NO2/c1-17-16-22(26(4)21-14-10-7-11-15-21)24(19(3)28-5)25(23(17)18(2)27)20-12-8-6-9-13-20/h6-16,25H,1-5H3/b24-19+. The van der Waals surface area contributed by atoms with Crippen LogP contribution in [0.15, 0.2) is 94.9 Å². The van der Waals surface area contributed by atoms with Gasteiger partial charge >= 0.3 is 0 Å². The predicted molar refractivity (Wildman–Crippen MR) is 115 cm³/mol. The number of methoxy groups -OCH3 is 1. The van der Waals surface area contributed by atoms with E-state index < -0.39 is 0 Å². The molecule has 1 aliphatic rings. The topological polar surface area (TPSA) is 29.5 Å². The summed E-state index contributed by atoms with van der Waals surface area (Å²) in [5.74, 6) is 0.740. The molecular weight excluding hydrogens is 346 g/mol. The highest BCUT2D eigenvalue weighted by atomic mass is 16.5. The van der Waals surface area contributed by atoms with Gasteiger partial charge in [-0.1, -0.05) is 48.5 Å². The average Bonchev–Trinajstić information content (AvgIpc) is 2.72. The molecule has 28 heavy (non-hydrogen) atoms. The maximum atomic E-state index is 12.6. The maximum Gasteiger partial charge on any atom is 0.157 e. The van der Waals surface area contributed by atoms with Crippen LogP contribution in [0.1, 0.15) is 32.3 Å². The SMILES string of the molecule is CO/C(C)=C1\C(N(C)c2ccccc2)=CC(C)=C(C(C)=O)C1c1ccccc1. The van der Waals surface area contributed by atoms with Crippen molar-refractivity contribution in [1.29, 1.82) is 0 Å². The molecule has 0 heterocycles. The van der Waals surface area contributed by atoms with Crippen molar-refractivity contribution in [3.05, 3.63) is 100 Å². The lowest BCUT2D eigenvalue weighted by molar-refractivity contribution is -0.113. The van der Waals surface area contributed by atoms with Crippen LogP contribution in [0.25, 0.3) is 0 Å². The Balaban J connectivity index is 2.27. The highest BCUT2D eigenvalue weighted by molar-refractivity contribution is 5.98. The minimum Gasteiger partial charge on any atom is -0.501 e. The maximum absolute atomic E-state index is 12.6. The first kappa shape index (κ1) is 19.7. The first-order valence-electron chi connectivity index (χ1n) is 9.48. The molecule has 1 aliphatic carbocycles. The quantitative estimate of drug-likeness (QED) is 0.636. The fourth-order valence-electron chi connectivity index (χ4n) is 3.90. The lowest BCUT2D eigenvalue weighted by atomic mass is 9.75. The molecule has 0 amide bonds. The Hall–Kier alpha value is -3.07. The smallest absolute Gasteiger partial charge is 0.157 e. The van der Waals surface area contributed by atoms with Crippen LogP contribution >= 0.6 is 0 Å². The highest BCUT2D eigenvalue weighted by Gasteiger charge is 2.34. The van der Waals surface area contributed by atoms with Gasteiger partial charge in [-0.3, -0.25) is 4.79 Å². The minimum atomic E-state index is -0.162. The number of rotatable bonds is 5. The van der Waals surface area contributed by atoms with E-state index in [1.807, 2.05) is 50.2 Å². The molecule has 3 heteroatoms. The zero-order chi connectivity index (χ0) is 20.3. The summed E-state index contributed by atoms with van der Waals surface area (Å²) in [5, 5.41) is 0.